The van der Waals surface area contributed by atoms with Gasteiger partial charge in [-0.3, -0.25) is 4.79 Å². The monoisotopic (exact) mass is 238 g/mol. The van der Waals surface area contributed by atoms with Gasteiger partial charge in [0.25, 0.3) is 0 Å². The second kappa shape index (κ2) is 6.65. The Balaban J connectivity index is 2.70. The lowest BCUT2D eigenvalue weighted by Gasteiger charge is -2.09. The first-order valence-corrected chi connectivity index (χ1v) is 5.20. The summed E-state index contributed by atoms with van der Waals surface area (Å²) < 4.78 is 9.86. The Morgan fingerprint density at radius 3 is 2.65 bits per heavy atom. The van der Waals surface area contributed by atoms with Gasteiger partial charge in [-0.1, -0.05) is 12.1 Å². The molecule has 0 aliphatic heterocycles. The zero-order valence-electron chi connectivity index (χ0n) is 9.51. The summed E-state index contributed by atoms with van der Waals surface area (Å²) in [4.78, 5) is 22.4. The molecule has 0 aliphatic carbocycles. The SMILES string of the molecule is CCOC(=O)COc1ccccc1C(=O)CO. The third kappa shape index (κ3) is 3.88. The molecule has 1 aromatic carbocycles. The van der Waals surface area contributed by atoms with E-state index in [9.17, 15) is 9.59 Å². The first-order chi connectivity index (χ1) is 8.19. The molecule has 0 saturated carbocycles. The first kappa shape index (κ1) is 13.2. The second-order valence-electron chi connectivity index (χ2n) is 3.17. The van der Waals surface area contributed by atoms with Crippen molar-refractivity contribution in [2.45, 2.75) is 6.92 Å². The van der Waals surface area contributed by atoms with Gasteiger partial charge in [-0.05, 0) is 19.1 Å². The fourth-order valence-electron chi connectivity index (χ4n) is 1.25. The van der Waals surface area contributed by atoms with E-state index < -0.39 is 18.4 Å². The second-order valence-corrected chi connectivity index (χ2v) is 3.17. The zero-order valence-corrected chi connectivity index (χ0v) is 9.51. The van der Waals surface area contributed by atoms with Gasteiger partial charge >= 0.3 is 5.97 Å². The van der Waals surface area contributed by atoms with Crippen LogP contribution in [0.15, 0.2) is 24.3 Å². The number of ether oxygens (including phenoxy) is 2. The van der Waals surface area contributed by atoms with Gasteiger partial charge < -0.3 is 14.6 Å². The van der Waals surface area contributed by atoms with Gasteiger partial charge in [-0.15, -0.1) is 0 Å². The third-order valence-corrected chi connectivity index (χ3v) is 1.98. The minimum atomic E-state index is -0.597. The molecule has 0 bridgehead atoms. The van der Waals surface area contributed by atoms with E-state index in [0.717, 1.165) is 0 Å². The molecule has 0 aliphatic rings. The summed E-state index contributed by atoms with van der Waals surface area (Å²) in [6, 6.07) is 6.41. The molecule has 0 unspecified atom stereocenters. The van der Waals surface area contributed by atoms with Crippen LogP contribution in [0.4, 0.5) is 0 Å². The number of Topliss-reactive ketones (excluding diaryl/α,β-unsaturated/α-hetero) is 1. The molecule has 17 heavy (non-hydrogen) atoms. The number of benzene rings is 1. The molecule has 5 nitrogen and oxygen atoms in total. The van der Waals surface area contributed by atoms with Crippen LogP contribution in [0.25, 0.3) is 0 Å². The summed E-state index contributed by atoms with van der Waals surface area (Å²) in [6.45, 7) is 1.11. The lowest BCUT2D eigenvalue weighted by atomic mass is 10.1. The Kier molecular flexibility index (Phi) is 5.16. The molecule has 1 N–H and O–H groups in total. The van der Waals surface area contributed by atoms with Gasteiger partial charge in [0.2, 0.25) is 0 Å². The number of aliphatic hydroxyl groups excluding tert-OH is 1. The van der Waals surface area contributed by atoms with Crippen molar-refractivity contribution in [2.24, 2.45) is 0 Å². The van der Waals surface area contributed by atoms with Gasteiger partial charge in [-0.2, -0.15) is 0 Å². The number of rotatable bonds is 6. The van der Waals surface area contributed by atoms with E-state index in [4.69, 9.17) is 14.6 Å². The predicted octanol–water partition coefficient (Wildman–Crippen LogP) is 0.804. The quantitative estimate of drug-likeness (QED) is 0.586. The number of esters is 1. The van der Waals surface area contributed by atoms with Crippen molar-refractivity contribution >= 4 is 11.8 Å². The van der Waals surface area contributed by atoms with Crippen molar-refractivity contribution in [2.75, 3.05) is 19.8 Å². The van der Waals surface area contributed by atoms with Crippen LogP contribution < -0.4 is 4.74 Å². The van der Waals surface area contributed by atoms with Crippen molar-refractivity contribution in [1.29, 1.82) is 0 Å². The molecular formula is C12H14O5. The molecule has 0 atom stereocenters. The largest absolute Gasteiger partial charge is 0.481 e. The summed E-state index contributed by atoms with van der Waals surface area (Å²) in [5.41, 5.74) is 0.249. The summed E-state index contributed by atoms with van der Waals surface area (Å²) in [5, 5.41) is 8.78. The van der Waals surface area contributed by atoms with Gasteiger partial charge in [0, 0.05) is 0 Å². The molecule has 1 aromatic rings. The maximum atomic E-state index is 11.4. The minimum Gasteiger partial charge on any atom is -0.481 e. The van der Waals surface area contributed by atoms with Crippen LogP contribution in [0.1, 0.15) is 17.3 Å². The van der Waals surface area contributed by atoms with Gasteiger partial charge in [0.1, 0.15) is 12.4 Å². The number of hydrogen-bond donors (Lipinski definition) is 1. The van der Waals surface area contributed by atoms with E-state index in [1.807, 2.05) is 0 Å². The van der Waals surface area contributed by atoms with E-state index >= 15 is 0 Å². The molecule has 0 fully saturated rings. The van der Waals surface area contributed by atoms with Crippen molar-refractivity contribution in [3.05, 3.63) is 29.8 Å². The maximum absolute atomic E-state index is 11.4. The average Bonchev–Trinajstić information content (AvgIpc) is 2.36. The Hall–Kier alpha value is -1.88. The summed E-state index contributed by atoms with van der Waals surface area (Å²) in [7, 11) is 0. The topological polar surface area (TPSA) is 72.8 Å². The van der Waals surface area contributed by atoms with Crippen molar-refractivity contribution in [1.82, 2.24) is 0 Å². The van der Waals surface area contributed by atoms with Crippen LogP contribution in [0.2, 0.25) is 0 Å². The Bertz CT molecular complexity index is 400. The number of carbonyl (C=O) groups is 2. The Morgan fingerprint density at radius 2 is 2.00 bits per heavy atom. The Labute approximate surface area is 99.0 Å². The highest BCUT2D eigenvalue weighted by Gasteiger charge is 2.12. The number of para-hydroxylation sites is 1. The highest BCUT2D eigenvalue weighted by molar-refractivity contribution is 5.99. The van der Waals surface area contributed by atoms with Crippen LogP contribution in [0, 0.1) is 0 Å². The molecule has 92 valence electrons. The van der Waals surface area contributed by atoms with Crippen molar-refractivity contribution in [3.8, 4) is 5.75 Å². The average molecular weight is 238 g/mol. The molecule has 0 radical (unpaired) electrons. The molecule has 0 heterocycles. The lowest BCUT2D eigenvalue weighted by Crippen LogP contribution is -2.16. The lowest BCUT2D eigenvalue weighted by molar-refractivity contribution is -0.145. The molecule has 0 saturated heterocycles. The number of hydrogen-bond acceptors (Lipinski definition) is 5. The molecule has 0 spiro atoms. The zero-order chi connectivity index (χ0) is 12.7. The smallest absolute Gasteiger partial charge is 0.344 e. The van der Waals surface area contributed by atoms with Crippen LogP contribution in [0.3, 0.4) is 0 Å². The normalized spacial score (nSPS) is 9.76. The number of ketones is 1. The van der Waals surface area contributed by atoms with Gasteiger partial charge in [-0.25, -0.2) is 4.79 Å². The maximum Gasteiger partial charge on any atom is 0.344 e. The van der Waals surface area contributed by atoms with E-state index in [2.05, 4.69) is 0 Å². The predicted molar refractivity (Wildman–Crippen MR) is 60.0 cm³/mol. The highest BCUT2D eigenvalue weighted by Crippen LogP contribution is 2.18. The fraction of sp³-hybridized carbons (Fsp3) is 0.333. The molecular weight excluding hydrogens is 224 g/mol. The standard InChI is InChI=1S/C12H14O5/c1-2-16-12(15)8-17-11-6-4-3-5-9(11)10(14)7-13/h3-6,13H,2,7-8H2,1H3. The number of carbonyl (C=O) groups excluding carboxylic acids is 2. The van der Waals surface area contributed by atoms with Crippen LogP contribution in [0.5, 0.6) is 5.75 Å². The van der Waals surface area contributed by atoms with Crippen molar-refractivity contribution in [3.63, 3.8) is 0 Å². The third-order valence-electron chi connectivity index (χ3n) is 1.98. The summed E-state index contributed by atoms with van der Waals surface area (Å²) >= 11 is 0. The van der Waals surface area contributed by atoms with E-state index in [1.54, 1.807) is 25.1 Å². The van der Waals surface area contributed by atoms with Crippen LogP contribution in [-0.2, 0) is 9.53 Å². The van der Waals surface area contributed by atoms with E-state index in [-0.39, 0.29) is 24.5 Å². The van der Waals surface area contributed by atoms with Crippen LogP contribution in [-0.4, -0.2) is 36.7 Å². The van der Waals surface area contributed by atoms with E-state index in [1.165, 1.54) is 6.07 Å². The van der Waals surface area contributed by atoms with E-state index in [0.29, 0.717) is 0 Å². The fourth-order valence-corrected chi connectivity index (χ4v) is 1.25. The highest BCUT2D eigenvalue weighted by atomic mass is 16.6. The van der Waals surface area contributed by atoms with Gasteiger partial charge in [0.15, 0.2) is 12.4 Å². The molecule has 5 heteroatoms. The molecule has 0 amide bonds. The molecule has 0 aromatic heterocycles. The summed E-state index contributed by atoms with van der Waals surface area (Å²) in [5.74, 6) is -0.692. The van der Waals surface area contributed by atoms with Gasteiger partial charge in [0.05, 0.1) is 12.2 Å². The Morgan fingerprint density at radius 1 is 1.29 bits per heavy atom. The summed E-state index contributed by atoms with van der Waals surface area (Å²) in [6.07, 6.45) is 0. The van der Waals surface area contributed by atoms with Crippen LogP contribution >= 0.6 is 0 Å². The first-order valence-electron chi connectivity index (χ1n) is 5.20. The molecule has 1 rings (SSSR count). The van der Waals surface area contributed by atoms with Crippen molar-refractivity contribution < 1.29 is 24.2 Å². The number of aliphatic hydroxyl groups is 1. The minimum absolute atomic E-state index is 0.249.